The Morgan fingerprint density at radius 1 is 0.900 bits per heavy atom. The fourth-order valence-corrected chi connectivity index (χ4v) is 2.21. The van der Waals surface area contributed by atoms with E-state index in [1.165, 1.54) is 12.1 Å². The minimum Gasteiger partial charge on any atom is -0.409 e. The number of fused-ring (bicyclic) bond motifs is 1. The lowest BCUT2D eigenvalue weighted by molar-refractivity contribution is 0.504. The molecule has 2 aromatic carbocycles. The molecule has 20 heavy (non-hydrogen) atoms. The van der Waals surface area contributed by atoms with E-state index in [4.69, 9.17) is 27.6 Å². The number of benzene rings is 2. The van der Waals surface area contributed by atoms with Crippen LogP contribution in [0.15, 0.2) is 56.5 Å². The lowest BCUT2D eigenvalue weighted by Gasteiger charge is -2.05. The molecule has 1 heterocycles. The van der Waals surface area contributed by atoms with Crippen molar-refractivity contribution in [1.82, 2.24) is 4.57 Å². The summed E-state index contributed by atoms with van der Waals surface area (Å²) in [6, 6.07) is 10.8. The molecular formula is C14H7Cl2NO3. The Hall–Kier alpha value is -2.04. The first-order valence-electron chi connectivity index (χ1n) is 5.67. The summed E-state index contributed by atoms with van der Waals surface area (Å²) in [6.45, 7) is 0. The third kappa shape index (κ3) is 2.13. The second kappa shape index (κ2) is 4.81. The summed E-state index contributed by atoms with van der Waals surface area (Å²) >= 11 is 11.7. The van der Waals surface area contributed by atoms with E-state index in [9.17, 15) is 9.59 Å². The van der Waals surface area contributed by atoms with Crippen molar-refractivity contribution in [2.24, 2.45) is 0 Å². The van der Waals surface area contributed by atoms with Crippen molar-refractivity contribution < 1.29 is 4.42 Å². The molecule has 0 saturated heterocycles. The van der Waals surface area contributed by atoms with Crippen LogP contribution in [0.25, 0.3) is 16.7 Å². The van der Waals surface area contributed by atoms with Crippen LogP contribution in [0.3, 0.4) is 0 Å². The van der Waals surface area contributed by atoms with E-state index in [2.05, 4.69) is 0 Å². The molecule has 3 aromatic rings. The van der Waals surface area contributed by atoms with E-state index in [0.717, 1.165) is 4.57 Å². The molecule has 0 atom stereocenters. The van der Waals surface area contributed by atoms with E-state index in [1.807, 2.05) is 0 Å². The molecule has 0 aliphatic rings. The van der Waals surface area contributed by atoms with Crippen molar-refractivity contribution >= 4 is 34.2 Å². The zero-order valence-corrected chi connectivity index (χ0v) is 11.5. The summed E-state index contributed by atoms with van der Waals surface area (Å²) in [4.78, 5) is 24.4. The van der Waals surface area contributed by atoms with E-state index in [1.54, 1.807) is 30.3 Å². The molecule has 3 rings (SSSR count). The lowest BCUT2D eigenvalue weighted by Crippen LogP contribution is -2.30. The van der Waals surface area contributed by atoms with Crippen LogP contribution in [0, 0.1) is 0 Å². The predicted octanol–water partition coefficient (Wildman–Crippen LogP) is 3.25. The number of hydrogen-bond acceptors (Lipinski definition) is 3. The van der Waals surface area contributed by atoms with Gasteiger partial charge in [-0.1, -0.05) is 23.2 Å². The molecule has 0 fully saturated rings. The van der Waals surface area contributed by atoms with Gasteiger partial charge >= 0.3 is 5.76 Å². The third-order valence-corrected chi connectivity index (χ3v) is 3.33. The molecule has 0 saturated carbocycles. The summed E-state index contributed by atoms with van der Waals surface area (Å²) in [5.41, 5.74) is 0.103. The van der Waals surface area contributed by atoms with Crippen LogP contribution in [0.2, 0.25) is 10.0 Å². The maximum atomic E-state index is 12.4. The number of nitrogens with zero attached hydrogens (tertiary/aromatic N) is 1. The standard InChI is InChI=1S/C14H7Cl2NO3/c15-8-1-4-10(5-2-8)17-13(18)11-7-9(16)3-6-12(11)20-14(17)19/h1-7H. The average Bonchev–Trinajstić information content (AvgIpc) is 2.42. The Labute approximate surface area is 122 Å². The number of halogens is 2. The Bertz CT molecular complexity index is 910. The van der Waals surface area contributed by atoms with Gasteiger partial charge in [-0.3, -0.25) is 4.79 Å². The predicted molar refractivity (Wildman–Crippen MR) is 78.1 cm³/mol. The molecule has 0 radical (unpaired) electrons. The molecule has 0 bridgehead atoms. The molecule has 1 aromatic heterocycles. The van der Waals surface area contributed by atoms with Crippen molar-refractivity contribution in [3.05, 3.63) is 73.4 Å². The first-order valence-corrected chi connectivity index (χ1v) is 6.43. The van der Waals surface area contributed by atoms with Crippen LogP contribution in [0.5, 0.6) is 0 Å². The highest BCUT2D eigenvalue weighted by molar-refractivity contribution is 6.31. The molecule has 0 aliphatic carbocycles. The van der Waals surface area contributed by atoms with Crippen LogP contribution in [0.4, 0.5) is 0 Å². The van der Waals surface area contributed by atoms with Crippen molar-refractivity contribution in [3.8, 4) is 5.69 Å². The van der Waals surface area contributed by atoms with E-state index < -0.39 is 11.3 Å². The summed E-state index contributed by atoms with van der Waals surface area (Å²) in [5.74, 6) is -0.757. The molecule has 6 heteroatoms. The highest BCUT2D eigenvalue weighted by atomic mass is 35.5. The fourth-order valence-electron chi connectivity index (χ4n) is 1.91. The number of hydrogen-bond donors (Lipinski definition) is 0. The molecule has 0 amide bonds. The molecule has 0 aliphatic heterocycles. The van der Waals surface area contributed by atoms with Gasteiger partial charge < -0.3 is 4.42 Å². The topological polar surface area (TPSA) is 52.2 Å². The van der Waals surface area contributed by atoms with Crippen LogP contribution in [0.1, 0.15) is 0 Å². The number of rotatable bonds is 1. The quantitative estimate of drug-likeness (QED) is 0.693. The minimum absolute atomic E-state index is 0.203. The van der Waals surface area contributed by atoms with Crippen LogP contribution in [-0.2, 0) is 0 Å². The molecule has 4 nitrogen and oxygen atoms in total. The maximum Gasteiger partial charge on any atom is 0.426 e. The van der Waals surface area contributed by atoms with Gasteiger partial charge in [-0.05, 0) is 42.5 Å². The van der Waals surface area contributed by atoms with Gasteiger partial charge in [0.2, 0.25) is 0 Å². The summed E-state index contributed by atoms with van der Waals surface area (Å²) in [5, 5.41) is 1.15. The van der Waals surface area contributed by atoms with Gasteiger partial charge in [0, 0.05) is 10.0 Å². The van der Waals surface area contributed by atoms with Gasteiger partial charge in [0.05, 0.1) is 11.1 Å². The zero-order chi connectivity index (χ0) is 14.3. The van der Waals surface area contributed by atoms with Gasteiger partial charge in [0.1, 0.15) is 5.58 Å². The number of aromatic nitrogens is 1. The second-order valence-electron chi connectivity index (χ2n) is 4.13. The Morgan fingerprint density at radius 2 is 1.55 bits per heavy atom. The molecule has 0 N–H and O–H groups in total. The van der Waals surface area contributed by atoms with Gasteiger partial charge in [0.15, 0.2) is 0 Å². The molecule has 0 unspecified atom stereocenters. The van der Waals surface area contributed by atoms with Gasteiger partial charge in [-0.2, -0.15) is 0 Å². The molecular weight excluding hydrogens is 301 g/mol. The lowest BCUT2D eigenvalue weighted by atomic mass is 10.2. The highest BCUT2D eigenvalue weighted by Crippen LogP contribution is 2.16. The largest absolute Gasteiger partial charge is 0.426 e. The van der Waals surface area contributed by atoms with Crippen molar-refractivity contribution in [3.63, 3.8) is 0 Å². The highest BCUT2D eigenvalue weighted by Gasteiger charge is 2.11. The Morgan fingerprint density at radius 3 is 2.25 bits per heavy atom. The Kier molecular flexibility index (Phi) is 3.12. The first kappa shape index (κ1) is 13.0. The monoisotopic (exact) mass is 307 g/mol. The van der Waals surface area contributed by atoms with Crippen LogP contribution < -0.4 is 11.3 Å². The van der Waals surface area contributed by atoms with Crippen molar-refractivity contribution in [1.29, 1.82) is 0 Å². The van der Waals surface area contributed by atoms with Gasteiger partial charge in [-0.25, -0.2) is 9.36 Å². The minimum atomic E-state index is -0.757. The smallest absolute Gasteiger partial charge is 0.409 e. The SMILES string of the molecule is O=c1oc2ccc(Cl)cc2c(=O)n1-c1ccc(Cl)cc1. The van der Waals surface area contributed by atoms with Crippen LogP contribution >= 0.6 is 23.2 Å². The second-order valence-corrected chi connectivity index (χ2v) is 5.00. The van der Waals surface area contributed by atoms with Crippen molar-refractivity contribution in [2.75, 3.05) is 0 Å². The third-order valence-electron chi connectivity index (χ3n) is 2.84. The Balaban J connectivity index is 2.39. The average molecular weight is 308 g/mol. The maximum absolute atomic E-state index is 12.4. The zero-order valence-electron chi connectivity index (χ0n) is 9.97. The summed E-state index contributed by atoms with van der Waals surface area (Å²) in [7, 11) is 0. The van der Waals surface area contributed by atoms with E-state index >= 15 is 0 Å². The molecule has 100 valence electrons. The normalized spacial score (nSPS) is 10.9. The fraction of sp³-hybridized carbons (Fsp3) is 0. The first-order chi connectivity index (χ1) is 9.56. The van der Waals surface area contributed by atoms with Crippen molar-refractivity contribution in [2.45, 2.75) is 0 Å². The van der Waals surface area contributed by atoms with Gasteiger partial charge in [-0.15, -0.1) is 0 Å². The summed E-state index contributed by atoms with van der Waals surface area (Å²) in [6.07, 6.45) is 0. The molecule has 0 spiro atoms. The summed E-state index contributed by atoms with van der Waals surface area (Å²) < 4.78 is 6.07. The van der Waals surface area contributed by atoms with Crippen LogP contribution in [-0.4, -0.2) is 4.57 Å². The van der Waals surface area contributed by atoms with E-state index in [0.29, 0.717) is 15.7 Å². The van der Waals surface area contributed by atoms with E-state index in [-0.39, 0.29) is 11.0 Å². The van der Waals surface area contributed by atoms with Gasteiger partial charge in [0.25, 0.3) is 5.56 Å².